The summed E-state index contributed by atoms with van der Waals surface area (Å²) < 4.78 is 0. The first-order valence-corrected chi connectivity index (χ1v) is 9.61. The standard InChI is InChI=1S/C22H25N5O2/c1-13(2)17-9-10-18(19(11-17)14(3)4)20(28)12-27-25-22(24-26-27)16-7-5-15(6-8-16)21(23)29/h5-11,13-14H,12H2,1-4H3,(H2,23,29). The van der Waals surface area contributed by atoms with Crippen LogP contribution in [0.4, 0.5) is 0 Å². The summed E-state index contributed by atoms with van der Waals surface area (Å²) in [5.74, 6) is 0.459. The number of primary amides is 1. The summed E-state index contributed by atoms with van der Waals surface area (Å²) in [6.07, 6.45) is 0. The molecule has 0 aliphatic heterocycles. The van der Waals surface area contributed by atoms with Crippen LogP contribution in [-0.2, 0) is 6.54 Å². The molecule has 0 atom stereocenters. The molecule has 0 radical (unpaired) electrons. The molecule has 0 saturated carbocycles. The van der Waals surface area contributed by atoms with Gasteiger partial charge in [0.25, 0.3) is 0 Å². The Bertz CT molecular complexity index is 1040. The van der Waals surface area contributed by atoms with Gasteiger partial charge in [-0.3, -0.25) is 9.59 Å². The van der Waals surface area contributed by atoms with Crippen molar-refractivity contribution >= 4 is 11.7 Å². The van der Waals surface area contributed by atoms with Crippen molar-refractivity contribution < 1.29 is 9.59 Å². The van der Waals surface area contributed by atoms with Crippen molar-refractivity contribution in [3.8, 4) is 11.4 Å². The summed E-state index contributed by atoms with van der Waals surface area (Å²) in [6, 6.07) is 12.6. The van der Waals surface area contributed by atoms with Gasteiger partial charge in [0.2, 0.25) is 11.7 Å². The third kappa shape index (κ3) is 4.56. The maximum absolute atomic E-state index is 12.9. The van der Waals surface area contributed by atoms with Gasteiger partial charge in [-0.15, -0.1) is 10.2 Å². The Morgan fingerprint density at radius 1 is 1.00 bits per heavy atom. The van der Waals surface area contributed by atoms with Crippen molar-refractivity contribution in [2.75, 3.05) is 0 Å². The van der Waals surface area contributed by atoms with E-state index < -0.39 is 5.91 Å². The first kappa shape index (κ1) is 20.4. The molecule has 0 aliphatic carbocycles. The average molecular weight is 391 g/mol. The van der Waals surface area contributed by atoms with Gasteiger partial charge in [0.15, 0.2) is 5.78 Å². The number of ketones is 1. The van der Waals surface area contributed by atoms with Crippen LogP contribution in [0, 0.1) is 0 Å². The van der Waals surface area contributed by atoms with Gasteiger partial charge in [0.05, 0.1) is 0 Å². The number of nitrogens with zero attached hydrogens (tertiary/aromatic N) is 4. The molecular formula is C22H25N5O2. The summed E-state index contributed by atoms with van der Waals surface area (Å²) in [6.45, 7) is 8.44. The predicted molar refractivity (Wildman–Crippen MR) is 111 cm³/mol. The van der Waals surface area contributed by atoms with Crippen LogP contribution in [0.5, 0.6) is 0 Å². The van der Waals surface area contributed by atoms with Gasteiger partial charge >= 0.3 is 0 Å². The van der Waals surface area contributed by atoms with Gasteiger partial charge in [-0.2, -0.15) is 4.80 Å². The zero-order valence-corrected chi connectivity index (χ0v) is 17.1. The Morgan fingerprint density at radius 2 is 1.69 bits per heavy atom. The number of carbonyl (C=O) groups excluding carboxylic acids is 2. The second kappa shape index (κ2) is 8.34. The number of benzene rings is 2. The average Bonchev–Trinajstić information content (AvgIpc) is 3.15. The van der Waals surface area contributed by atoms with E-state index in [-0.39, 0.29) is 18.2 Å². The molecule has 0 fully saturated rings. The molecule has 3 rings (SSSR count). The van der Waals surface area contributed by atoms with E-state index in [0.717, 1.165) is 5.56 Å². The molecule has 2 aromatic carbocycles. The smallest absolute Gasteiger partial charge is 0.248 e. The Kier molecular flexibility index (Phi) is 5.87. The van der Waals surface area contributed by atoms with Crippen LogP contribution in [0.3, 0.4) is 0 Å². The number of carbonyl (C=O) groups is 2. The van der Waals surface area contributed by atoms with Crippen LogP contribution in [0.15, 0.2) is 42.5 Å². The predicted octanol–water partition coefficient (Wildman–Crippen LogP) is 3.57. The second-order valence-corrected chi connectivity index (χ2v) is 7.66. The number of nitrogens with two attached hydrogens (primary N) is 1. The number of hydrogen-bond acceptors (Lipinski definition) is 5. The molecule has 0 saturated heterocycles. The zero-order valence-electron chi connectivity index (χ0n) is 17.1. The molecule has 2 N–H and O–H groups in total. The van der Waals surface area contributed by atoms with Crippen LogP contribution in [-0.4, -0.2) is 31.9 Å². The molecule has 1 heterocycles. The monoisotopic (exact) mass is 391 g/mol. The summed E-state index contributed by atoms with van der Waals surface area (Å²) in [7, 11) is 0. The Labute approximate surface area is 169 Å². The van der Waals surface area contributed by atoms with E-state index >= 15 is 0 Å². The third-order valence-electron chi connectivity index (χ3n) is 4.83. The molecule has 0 bridgehead atoms. The van der Waals surface area contributed by atoms with Crippen molar-refractivity contribution in [3.05, 3.63) is 64.7 Å². The minimum absolute atomic E-state index is 0.00706. The van der Waals surface area contributed by atoms with Gasteiger partial charge < -0.3 is 5.73 Å². The van der Waals surface area contributed by atoms with E-state index in [1.54, 1.807) is 24.3 Å². The summed E-state index contributed by atoms with van der Waals surface area (Å²) in [5, 5.41) is 12.3. The van der Waals surface area contributed by atoms with Crippen LogP contribution in [0.25, 0.3) is 11.4 Å². The molecule has 150 valence electrons. The minimum Gasteiger partial charge on any atom is -0.366 e. The molecule has 0 unspecified atom stereocenters. The highest BCUT2D eigenvalue weighted by Gasteiger charge is 2.17. The molecule has 7 nitrogen and oxygen atoms in total. The number of hydrogen-bond donors (Lipinski definition) is 1. The fourth-order valence-electron chi connectivity index (χ4n) is 3.09. The van der Waals surface area contributed by atoms with Crippen molar-refractivity contribution in [3.63, 3.8) is 0 Å². The van der Waals surface area contributed by atoms with Gasteiger partial charge in [-0.1, -0.05) is 58.0 Å². The van der Waals surface area contributed by atoms with Crippen molar-refractivity contribution in [1.29, 1.82) is 0 Å². The molecule has 3 aromatic rings. The van der Waals surface area contributed by atoms with Crippen LogP contribution < -0.4 is 5.73 Å². The Hall–Kier alpha value is -3.35. The summed E-state index contributed by atoms with van der Waals surface area (Å²) in [5.41, 5.74) is 9.28. The zero-order chi connectivity index (χ0) is 21.1. The van der Waals surface area contributed by atoms with Gasteiger partial charge in [-0.05, 0) is 40.3 Å². The highest BCUT2D eigenvalue weighted by molar-refractivity contribution is 5.97. The molecular weight excluding hydrogens is 366 g/mol. The maximum Gasteiger partial charge on any atom is 0.248 e. The van der Waals surface area contributed by atoms with Crippen molar-refractivity contribution in [2.45, 2.75) is 46.1 Å². The quantitative estimate of drug-likeness (QED) is 0.620. The van der Waals surface area contributed by atoms with Crippen molar-refractivity contribution in [1.82, 2.24) is 20.2 Å². The number of aromatic nitrogens is 4. The molecule has 1 aromatic heterocycles. The van der Waals surface area contributed by atoms with E-state index in [1.165, 1.54) is 10.4 Å². The highest BCUT2D eigenvalue weighted by Crippen LogP contribution is 2.25. The van der Waals surface area contributed by atoms with Crippen LogP contribution >= 0.6 is 0 Å². The number of rotatable bonds is 7. The number of tetrazole rings is 1. The Morgan fingerprint density at radius 3 is 2.28 bits per heavy atom. The van der Waals surface area contributed by atoms with E-state index in [2.05, 4.69) is 49.2 Å². The largest absolute Gasteiger partial charge is 0.366 e. The topological polar surface area (TPSA) is 104 Å². The van der Waals surface area contributed by atoms with Crippen LogP contribution in [0.2, 0.25) is 0 Å². The third-order valence-corrected chi connectivity index (χ3v) is 4.83. The molecule has 7 heteroatoms. The maximum atomic E-state index is 12.9. The number of Topliss-reactive ketones (excluding diaryl/α,β-unsaturated/α-hetero) is 1. The van der Waals surface area contributed by atoms with E-state index in [9.17, 15) is 9.59 Å². The lowest BCUT2D eigenvalue weighted by molar-refractivity contribution is 0.0958. The fraction of sp³-hybridized carbons (Fsp3) is 0.318. The molecule has 29 heavy (non-hydrogen) atoms. The van der Waals surface area contributed by atoms with Crippen molar-refractivity contribution in [2.24, 2.45) is 5.73 Å². The minimum atomic E-state index is -0.497. The molecule has 1 amide bonds. The lowest BCUT2D eigenvalue weighted by atomic mass is 9.90. The lowest BCUT2D eigenvalue weighted by Crippen LogP contribution is -2.15. The van der Waals surface area contributed by atoms with Gasteiger partial charge in [0.1, 0.15) is 6.54 Å². The number of amides is 1. The summed E-state index contributed by atoms with van der Waals surface area (Å²) >= 11 is 0. The van der Waals surface area contributed by atoms with Crippen LogP contribution in [0.1, 0.15) is 71.4 Å². The second-order valence-electron chi connectivity index (χ2n) is 7.66. The van der Waals surface area contributed by atoms with Gasteiger partial charge in [-0.25, -0.2) is 0 Å². The molecule has 0 spiro atoms. The van der Waals surface area contributed by atoms with E-state index in [1.807, 2.05) is 12.1 Å². The van der Waals surface area contributed by atoms with E-state index in [0.29, 0.717) is 28.4 Å². The highest BCUT2D eigenvalue weighted by atomic mass is 16.1. The molecule has 0 aliphatic rings. The normalized spacial score (nSPS) is 11.2. The first-order valence-electron chi connectivity index (χ1n) is 9.61. The first-order chi connectivity index (χ1) is 13.8. The Balaban J connectivity index is 1.81. The van der Waals surface area contributed by atoms with Gasteiger partial charge in [0, 0.05) is 16.7 Å². The lowest BCUT2D eigenvalue weighted by Gasteiger charge is -2.15. The SMILES string of the molecule is CC(C)c1ccc(C(=O)Cn2nnc(-c3ccc(C(N)=O)cc3)n2)c(C(C)C)c1. The summed E-state index contributed by atoms with van der Waals surface area (Å²) in [4.78, 5) is 25.4. The van der Waals surface area contributed by atoms with E-state index in [4.69, 9.17) is 5.73 Å². The fourth-order valence-corrected chi connectivity index (χ4v) is 3.09.